The van der Waals surface area contributed by atoms with Crippen molar-refractivity contribution in [2.24, 2.45) is 5.92 Å². The number of piperidine rings is 1. The molecule has 0 radical (unpaired) electrons. The van der Waals surface area contributed by atoms with Crippen molar-refractivity contribution in [2.75, 3.05) is 24.2 Å². The zero-order valence-corrected chi connectivity index (χ0v) is 16.9. The zero-order valence-electron chi connectivity index (χ0n) is 13.8. The summed E-state index contributed by atoms with van der Waals surface area (Å²) in [7, 11) is 0. The molecule has 1 atom stereocenters. The Bertz CT molecular complexity index is 786. The van der Waals surface area contributed by atoms with Gasteiger partial charge in [0.1, 0.15) is 0 Å². The summed E-state index contributed by atoms with van der Waals surface area (Å²) in [5, 5.41) is 6.37. The summed E-state index contributed by atoms with van der Waals surface area (Å²) in [6.07, 6.45) is 3.23. The molecule has 1 N–H and O–H groups in total. The predicted molar refractivity (Wildman–Crippen MR) is 107 cm³/mol. The van der Waals surface area contributed by atoms with E-state index < -0.39 is 0 Å². The van der Waals surface area contributed by atoms with E-state index in [0.717, 1.165) is 17.7 Å². The summed E-state index contributed by atoms with van der Waals surface area (Å²) in [5.74, 6) is -0.0296. The van der Waals surface area contributed by atoms with Crippen molar-refractivity contribution in [3.8, 4) is 0 Å². The minimum absolute atomic E-state index is 0.00205. The van der Waals surface area contributed by atoms with E-state index in [9.17, 15) is 9.59 Å². The predicted octanol–water partition coefficient (Wildman–Crippen LogP) is 4.42. The van der Waals surface area contributed by atoms with Gasteiger partial charge in [-0.1, -0.05) is 23.2 Å². The minimum atomic E-state index is -0.212. The zero-order chi connectivity index (χ0) is 18.5. The highest BCUT2D eigenvalue weighted by Gasteiger charge is 2.28. The van der Waals surface area contributed by atoms with Crippen LogP contribution in [0, 0.1) is 5.92 Å². The molecule has 1 aromatic carbocycles. The van der Waals surface area contributed by atoms with E-state index in [4.69, 9.17) is 23.2 Å². The number of nitrogens with zero attached hydrogens (tertiary/aromatic N) is 2. The number of amides is 2. The van der Waals surface area contributed by atoms with E-state index in [0.29, 0.717) is 28.3 Å². The number of carbonyl (C=O) groups excluding carboxylic acids is 2. The number of thioether (sulfide) groups is 1. The number of halogens is 2. The third-order valence-corrected chi connectivity index (χ3v) is 6.46. The largest absolute Gasteiger partial charge is 0.341 e. The lowest BCUT2D eigenvalue weighted by Gasteiger charge is -2.31. The normalized spacial score (nSPS) is 17.2. The summed E-state index contributed by atoms with van der Waals surface area (Å²) in [6.45, 7) is 1.10. The van der Waals surface area contributed by atoms with Crippen molar-refractivity contribution in [3.63, 3.8) is 0 Å². The Kier molecular flexibility index (Phi) is 6.80. The van der Waals surface area contributed by atoms with Crippen molar-refractivity contribution in [1.29, 1.82) is 0 Å². The molecule has 5 nitrogen and oxygen atoms in total. The van der Waals surface area contributed by atoms with Crippen LogP contribution < -0.4 is 5.32 Å². The number of nitrogens with one attached hydrogen (secondary N) is 1. The summed E-state index contributed by atoms with van der Waals surface area (Å²) in [5.41, 5.74) is 0. The lowest BCUT2D eigenvalue weighted by Crippen LogP contribution is -2.44. The molecule has 2 aromatic rings. The lowest BCUT2D eigenvalue weighted by molar-refractivity contribution is -0.132. The third kappa shape index (κ3) is 5.13. The van der Waals surface area contributed by atoms with E-state index in [-0.39, 0.29) is 23.5 Å². The Morgan fingerprint density at radius 2 is 2.23 bits per heavy atom. The van der Waals surface area contributed by atoms with Crippen LogP contribution in [0.3, 0.4) is 0 Å². The van der Waals surface area contributed by atoms with Gasteiger partial charge in [0, 0.05) is 34.6 Å². The number of hydrogen-bond donors (Lipinski definition) is 1. The second-order valence-corrected chi connectivity index (χ2v) is 8.62. The fourth-order valence-corrected chi connectivity index (χ4v) is 4.66. The van der Waals surface area contributed by atoms with Gasteiger partial charge >= 0.3 is 0 Å². The van der Waals surface area contributed by atoms with Gasteiger partial charge in [-0.25, -0.2) is 4.98 Å². The number of likely N-dealkylation sites (tertiary alicyclic amines) is 1. The van der Waals surface area contributed by atoms with Crippen molar-refractivity contribution in [1.82, 2.24) is 9.88 Å². The van der Waals surface area contributed by atoms with Gasteiger partial charge in [0.15, 0.2) is 5.13 Å². The van der Waals surface area contributed by atoms with Gasteiger partial charge in [-0.2, -0.15) is 0 Å². The van der Waals surface area contributed by atoms with Gasteiger partial charge in [0.05, 0.1) is 16.7 Å². The van der Waals surface area contributed by atoms with Gasteiger partial charge in [-0.15, -0.1) is 23.1 Å². The van der Waals surface area contributed by atoms with E-state index >= 15 is 0 Å². The number of rotatable bonds is 5. The van der Waals surface area contributed by atoms with Gasteiger partial charge in [0.2, 0.25) is 11.8 Å². The first-order valence-corrected chi connectivity index (χ1v) is 10.7. The Morgan fingerprint density at radius 1 is 1.38 bits per heavy atom. The monoisotopic (exact) mass is 429 g/mol. The first-order chi connectivity index (χ1) is 12.5. The molecule has 1 saturated heterocycles. The van der Waals surface area contributed by atoms with Gasteiger partial charge in [-0.05, 0) is 31.0 Å². The van der Waals surface area contributed by atoms with Crippen LogP contribution in [0.5, 0.6) is 0 Å². The molecule has 0 aliphatic carbocycles. The molecular formula is C17H17Cl2N3O2S2. The number of anilines is 1. The highest BCUT2D eigenvalue weighted by molar-refractivity contribution is 8.00. The van der Waals surface area contributed by atoms with Crippen LogP contribution in [-0.4, -0.2) is 40.5 Å². The number of hydrogen-bond acceptors (Lipinski definition) is 5. The summed E-state index contributed by atoms with van der Waals surface area (Å²) in [4.78, 5) is 31.5. The Labute approximate surface area is 170 Å². The van der Waals surface area contributed by atoms with Crippen molar-refractivity contribution in [2.45, 2.75) is 17.7 Å². The Morgan fingerprint density at radius 3 is 3.00 bits per heavy atom. The SMILES string of the molecule is O=C(Nc1nccs1)C1CCCN(C(=O)CSc2cc(Cl)ccc2Cl)C1. The van der Waals surface area contributed by atoms with E-state index in [1.165, 1.54) is 23.1 Å². The maximum absolute atomic E-state index is 12.5. The standard InChI is InChI=1S/C17H17Cl2N3O2S2/c18-12-3-4-13(19)14(8-12)26-10-15(23)22-6-1-2-11(9-22)16(24)21-17-20-5-7-25-17/h3-5,7-8,11H,1-2,6,9-10H2,(H,20,21,24). The Hall–Kier alpha value is -1.28. The second-order valence-electron chi connectivity index (χ2n) is 5.87. The highest BCUT2D eigenvalue weighted by Crippen LogP contribution is 2.30. The van der Waals surface area contributed by atoms with Crippen LogP contribution in [-0.2, 0) is 9.59 Å². The molecule has 0 spiro atoms. The van der Waals surface area contributed by atoms with Gasteiger partial charge < -0.3 is 10.2 Å². The minimum Gasteiger partial charge on any atom is -0.341 e. The first kappa shape index (κ1) is 19.5. The number of thiazole rings is 1. The van der Waals surface area contributed by atoms with Gasteiger partial charge in [-0.3, -0.25) is 9.59 Å². The Balaban J connectivity index is 1.54. The quantitative estimate of drug-likeness (QED) is 0.714. The van der Waals surface area contributed by atoms with E-state index in [1.54, 1.807) is 29.3 Å². The van der Waals surface area contributed by atoms with E-state index in [2.05, 4.69) is 10.3 Å². The fraction of sp³-hybridized carbons (Fsp3) is 0.353. The molecule has 1 aliphatic rings. The maximum atomic E-state index is 12.5. The molecule has 1 unspecified atom stereocenters. The average Bonchev–Trinajstić information content (AvgIpc) is 3.15. The van der Waals surface area contributed by atoms with Crippen LogP contribution in [0.2, 0.25) is 10.0 Å². The molecular weight excluding hydrogens is 413 g/mol. The molecule has 0 saturated carbocycles. The molecule has 26 heavy (non-hydrogen) atoms. The topological polar surface area (TPSA) is 62.3 Å². The van der Waals surface area contributed by atoms with Crippen LogP contribution >= 0.6 is 46.3 Å². The lowest BCUT2D eigenvalue weighted by atomic mass is 9.97. The van der Waals surface area contributed by atoms with Crippen molar-refractivity contribution < 1.29 is 9.59 Å². The molecule has 1 fully saturated rings. The second kappa shape index (κ2) is 9.08. The molecule has 2 heterocycles. The molecule has 9 heteroatoms. The number of benzene rings is 1. The molecule has 1 aliphatic heterocycles. The van der Waals surface area contributed by atoms with Gasteiger partial charge in [0.25, 0.3) is 0 Å². The highest BCUT2D eigenvalue weighted by atomic mass is 35.5. The number of aromatic nitrogens is 1. The van der Waals surface area contributed by atoms with Crippen LogP contribution in [0.1, 0.15) is 12.8 Å². The molecule has 3 rings (SSSR count). The molecule has 1 aromatic heterocycles. The average molecular weight is 430 g/mol. The molecule has 2 amide bonds. The maximum Gasteiger partial charge on any atom is 0.232 e. The smallest absolute Gasteiger partial charge is 0.232 e. The summed E-state index contributed by atoms with van der Waals surface area (Å²) in [6, 6.07) is 5.19. The summed E-state index contributed by atoms with van der Waals surface area (Å²) < 4.78 is 0. The van der Waals surface area contributed by atoms with Crippen LogP contribution in [0.4, 0.5) is 5.13 Å². The number of carbonyl (C=O) groups is 2. The van der Waals surface area contributed by atoms with E-state index in [1.807, 2.05) is 5.38 Å². The molecule has 138 valence electrons. The van der Waals surface area contributed by atoms with Crippen LogP contribution in [0.15, 0.2) is 34.7 Å². The van der Waals surface area contributed by atoms with Crippen LogP contribution in [0.25, 0.3) is 0 Å². The van der Waals surface area contributed by atoms with Crippen molar-refractivity contribution >= 4 is 63.2 Å². The third-order valence-electron chi connectivity index (χ3n) is 4.05. The molecule has 0 bridgehead atoms. The first-order valence-electron chi connectivity index (χ1n) is 8.09. The summed E-state index contributed by atoms with van der Waals surface area (Å²) >= 11 is 14.9. The fourth-order valence-electron chi connectivity index (χ4n) is 2.73. The van der Waals surface area contributed by atoms with Crippen molar-refractivity contribution in [3.05, 3.63) is 39.8 Å².